The minimum atomic E-state index is -5.75. The molecule has 0 aliphatic carbocycles. The van der Waals surface area contributed by atoms with E-state index in [-0.39, 0.29) is 87.9 Å². The number of hydrogen-bond donors (Lipinski definition) is 1. The zero-order chi connectivity index (χ0) is 40.6. The molecule has 0 atom stereocenters. The van der Waals surface area contributed by atoms with Crippen LogP contribution in [0.4, 0.5) is 20.7 Å². The summed E-state index contributed by atoms with van der Waals surface area (Å²) >= 11 is 6.45. The van der Waals surface area contributed by atoms with Crippen LogP contribution in [0.3, 0.4) is 0 Å². The molecule has 51 heavy (non-hydrogen) atoms. The first-order valence-electron chi connectivity index (χ1n) is 16.6. The number of benzene rings is 3. The van der Waals surface area contributed by atoms with Crippen LogP contribution >= 0.6 is 19.4 Å². The van der Waals surface area contributed by atoms with Gasteiger partial charge in [0.2, 0.25) is 0 Å². The van der Waals surface area contributed by atoms with Crippen LogP contribution in [0.25, 0.3) is 22.2 Å². The number of phosphoric ester groups is 1. The van der Waals surface area contributed by atoms with Crippen molar-refractivity contribution in [1.29, 1.82) is 0 Å². The van der Waals surface area contributed by atoms with Gasteiger partial charge < -0.3 is 38.1 Å². The summed E-state index contributed by atoms with van der Waals surface area (Å²) < 4.78 is 118. The van der Waals surface area contributed by atoms with Gasteiger partial charge in [0.15, 0.2) is 6.79 Å². The normalized spacial score (nSPS) is 13.9. The van der Waals surface area contributed by atoms with E-state index >= 15 is 0 Å². The van der Waals surface area contributed by atoms with Crippen LogP contribution in [0, 0.1) is 5.82 Å². The van der Waals surface area contributed by atoms with Gasteiger partial charge in [-0.1, -0.05) is 23.7 Å². The zero-order valence-corrected chi connectivity index (χ0v) is 33.4. The van der Waals surface area contributed by atoms with Crippen LogP contribution in [0.1, 0.15) is 19.5 Å². The first kappa shape index (κ1) is 34.2. The van der Waals surface area contributed by atoms with Crippen molar-refractivity contribution in [2.75, 3.05) is 30.6 Å². The molecule has 20 heteroatoms. The third-order valence-corrected chi connectivity index (χ3v) is 7.32. The largest absolute Gasteiger partial charge is 1.00 e. The van der Waals surface area contributed by atoms with Crippen molar-refractivity contribution in [1.82, 2.24) is 14.9 Å². The first-order chi connectivity index (χ1) is 25.5. The van der Waals surface area contributed by atoms with E-state index in [9.17, 15) is 32.0 Å². The van der Waals surface area contributed by atoms with Gasteiger partial charge in [0, 0.05) is 32.1 Å². The number of rotatable bonds is 14. The molecule has 258 valence electrons. The number of nitrogens with one attached hydrogen (secondary N) is 1. The number of phosphoric acid groups is 1. The maximum Gasteiger partial charge on any atom is 1.00 e. The summed E-state index contributed by atoms with van der Waals surface area (Å²) in [5.41, 5.74) is -2.20. The molecular weight excluding hydrogens is 752 g/mol. The predicted octanol–water partition coefficient (Wildman–Crippen LogP) is -1.20. The summed E-state index contributed by atoms with van der Waals surface area (Å²) in [4.78, 5) is 42.6. The average molecular weight is 785 g/mol. The number of amides is 1. The van der Waals surface area contributed by atoms with E-state index < -0.39 is 65.7 Å². The van der Waals surface area contributed by atoms with Crippen molar-refractivity contribution < 1.29 is 118 Å². The van der Waals surface area contributed by atoms with Crippen molar-refractivity contribution in [3.05, 3.63) is 101 Å². The first-order valence-corrected chi connectivity index (χ1v) is 17.4. The monoisotopic (exact) mass is 784 g/mol. The Kier molecular flexibility index (Phi) is 12.7. The molecule has 5 rings (SSSR count). The minimum absolute atomic E-state index is 0. The van der Waals surface area contributed by atoms with E-state index in [4.69, 9.17) is 29.0 Å². The number of carbonyl (C=O) groups is 1. The van der Waals surface area contributed by atoms with Crippen molar-refractivity contribution in [3.63, 3.8) is 0 Å². The molecule has 0 saturated heterocycles. The van der Waals surface area contributed by atoms with Gasteiger partial charge in [0.1, 0.15) is 51.7 Å². The molecule has 1 N–H and O–H groups in total. The van der Waals surface area contributed by atoms with E-state index in [1.54, 1.807) is 42.5 Å². The molecule has 0 fully saturated rings. The van der Waals surface area contributed by atoms with Gasteiger partial charge in [-0.2, -0.15) is 0 Å². The Morgan fingerprint density at radius 2 is 1.88 bits per heavy atom. The van der Waals surface area contributed by atoms with Gasteiger partial charge in [0.05, 0.1) is 36.0 Å². The molecule has 2 heterocycles. The third kappa shape index (κ3) is 13.1. The molecule has 3 aromatic carbocycles. The standard InChI is InChI=1S/C31H29ClFN4O10PS.2Na/c1-49(42,43)12-11-37(31(38)45-19-46-48(39,40)41)16-24-7-10-28(47-24)21-5-8-27-25(14-21)30(35-18-34-27)36-23-6-9-29(26(32)15-23)44-17-20-3-2-4-22(33)13-20;;/h2-10,13-15,18H,11-12,16-17,19H2,1H3,(H,34,35,36)(H2,39,40,41);;/q;2*+1/p-2/i11D2,12D2,16D2;;. The fourth-order valence-electron chi connectivity index (χ4n) is 4.05. The van der Waals surface area contributed by atoms with Crippen LogP contribution in [0.5, 0.6) is 5.75 Å². The molecule has 14 nitrogen and oxygen atoms in total. The zero-order valence-electron chi connectivity index (χ0n) is 33.0. The second-order valence-corrected chi connectivity index (χ2v) is 13.2. The molecule has 0 aliphatic rings. The third-order valence-electron chi connectivity index (χ3n) is 6.14. The molecule has 1 amide bonds. The molecule has 0 spiro atoms. The second-order valence-electron chi connectivity index (χ2n) is 9.84. The molecule has 0 unspecified atom stereocenters. The van der Waals surface area contributed by atoms with Crippen LogP contribution < -0.4 is 79.0 Å². The Morgan fingerprint density at radius 3 is 2.59 bits per heavy atom. The topological polar surface area (TPSA) is 196 Å². The number of halogens is 2. The van der Waals surface area contributed by atoms with Gasteiger partial charge in [-0.3, -0.25) is 4.90 Å². The fraction of sp³-hybridized carbons (Fsp3) is 0.194. The maximum absolute atomic E-state index is 13.5. The number of anilines is 2. The van der Waals surface area contributed by atoms with Crippen molar-refractivity contribution in [3.8, 4) is 17.1 Å². The Bertz CT molecular complexity index is 2420. The summed E-state index contributed by atoms with van der Waals surface area (Å²) in [5, 5.41) is 3.76. The molecule has 0 radical (unpaired) electrons. The fourth-order valence-corrected chi connectivity index (χ4v) is 4.72. The minimum Gasteiger partial charge on any atom is -0.790 e. The number of carbonyl (C=O) groups excluding carboxylic acids is 1. The van der Waals surface area contributed by atoms with Gasteiger partial charge in [-0.15, -0.1) is 0 Å². The molecule has 5 aromatic rings. The number of aromatic nitrogens is 2. The molecule has 0 bridgehead atoms. The van der Waals surface area contributed by atoms with Gasteiger partial charge in [0.25, 0.3) is 0 Å². The van der Waals surface area contributed by atoms with E-state index in [1.807, 2.05) is 0 Å². The van der Waals surface area contributed by atoms with E-state index in [0.717, 1.165) is 6.07 Å². The smallest absolute Gasteiger partial charge is 0.790 e. The number of hydrogen-bond acceptors (Lipinski definition) is 13. The van der Waals surface area contributed by atoms with E-state index in [1.165, 1.54) is 30.6 Å². The Morgan fingerprint density at radius 1 is 1.10 bits per heavy atom. The van der Waals surface area contributed by atoms with Crippen LogP contribution in [-0.2, 0) is 36.8 Å². The number of furan rings is 1. The molecule has 0 aliphatic heterocycles. The molecule has 0 saturated carbocycles. The van der Waals surface area contributed by atoms with E-state index in [0.29, 0.717) is 34.2 Å². The Labute approximate surface area is 349 Å². The number of sulfone groups is 1. The average Bonchev–Trinajstić information content (AvgIpc) is 3.58. The quantitative estimate of drug-likeness (QED) is 0.0802. The summed E-state index contributed by atoms with van der Waals surface area (Å²) in [6.07, 6.45) is -0.569. The Balaban J connectivity index is 0.00000435. The summed E-state index contributed by atoms with van der Waals surface area (Å²) in [6, 6.07) is 17.5. The van der Waals surface area contributed by atoms with Gasteiger partial charge >= 0.3 is 65.2 Å². The summed E-state index contributed by atoms with van der Waals surface area (Å²) in [5.74, 6) is -0.735. The summed E-state index contributed by atoms with van der Waals surface area (Å²) in [7, 11) is -10.8. The maximum atomic E-state index is 13.5. The number of nitrogens with zero attached hydrogens (tertiary/aromatic N) is 3. The van der Waals surface area contributed by atoms with Crippen molar-refractivity contribution >= 4 is 57.8 Å². The number of fused-ring (bicyclic) bond motifs is 1. The van der Waals surface area contributed by atoms with Crippen LogP contribution in [-0.4, -0.2) is 54.6 Å². The van der Waals surface area contributed by atoms with Crippen molar-refractivity contribution in [2.45, 2.75) is 13.1 Å². The van der Waals surface area contributed by atoms with Gasteiger partial charge in [-0.05, 0) is 66.2 Å². The van der Waals surface area contributed by atoms with E-state index in [2.05, 4.69) is 24.5 Å². The predicted molar refractivity (Wildman–Crippen MR) is 173 cm³/mol. The summed E-state index contributed by atoms with van der Waals surface area (Å²) in [6.45, 7) is -9.22. The van der Waals surface area contributed by atoms with Crippen LogP contribution in [0.2, 0.25) is 5.02 Å². The SMILES string of the molecule is [2H]C([2H])(c1ccc(-c2ccc3ncnc(Nc4ccc(OCc5cccc(F)c5)c(Cl)c4)c3c2)o1)N(C(=O)OCOP(=O)([O-])[O-])C([2H])([2H])C([2H])([2H])S(C)(=O)=O.[Na+].[Na+]. The van der Waals surface area contributed by atoms with Crippen LogP contribution in [0.15, 0.2) is 83.5 Å². The number of ether oxygens (including phenoxy) is 2. The Hall–Kier alpha value is -2.57. The van der Waals surface area contributed by atoms with Crippen molar-refractivity contribution in [2.24, 2.45) is 0 Å². The van der Waals surface area contributed by atoms with Gasteiger partial charge in [-0.25, -0.2) is 27.6 Å². The second kappa shape index (κ2) is 19.0. The molecule has 2 aromatic heterocycles. The molecular formula is C31H27ClFN4Na2O10PS.